The van der Waals surface area contributed by atoms with Crippen LogP contribution < -0.4 is 24.8 Å². The van der Waals surface area contributed by atoms with E-state index in [1.807, 2.05) is 18.2 Å². The van der Waals surface area contributed by atoms with Crippen molar-refractivity contribution in [3.8, 4) is 17.2 Å². The number of hydrogen-bond acceptors (Lipinski definition) is 7. The van der Waals surface area contributed by atoms with Crippen LogP contribution in [0.5, 0.6) is 17.2 Å². The first-order valence-corrected chi connectivity index (χ1v) is 8.13. The third-order valence-corrected chi connectivity index (χ3v) is 3.50. The fourth-order valence-corrected chi connectivity index (χ4v) is 2.38. The number of aromatic nitrogens is 2. The standard InChI is InChI=1S/C17H22N4O3/c1-2-18-11-13(12-21-17-19-7-4-8-20-17)24-15-6-3-5-14-16(15)23-10-9-22-14/h3-8,13,18H,2,9-12H2,1H3,(H,19,20,21). The molecule has 7 nitrogen and oxygen atoms in total. The minimum atomic E-state index is -0.106. The molecule has 1 aromatic carbocycles. The predicted octanol–water partition coefficient (Wildman–Crippen LogP) is 1.72. The summed E-state index contributed by atoms with van der Waals surface area (Å²) >= 11 is 0. The van der Waals surface area contributed by atoms with Gasteiger partial charge < -0.3 is 24.8 Å². The lowest BCUT2D eigenvalue weighted by atomic mass is 10.2. The number of fused-ring (bicyclic) bond motifs is 1. The Morgan fingerprint density at radius 2 is 1.96 bits per heavy atom. The lowest BCUT2D eigenvalue weighted by Gasteiger charge is -2.24. The zero-order valence-corrected chi connectivity index (χ0v) is 13.7. The van der Waals surface area contributed by atoms with Crippen LogP contribution in [0, 0.1) is 0 Å². The van der Waals surface area contributed by atoms with Gasteiger partial charge in [0.2, 0.25) is 11.7 Å². The second kappa shape index (κ2) is 8.35. The van der Waals surface area contributed by atoms with E-state index in [4.69, 9.17) is 14.2 Å². The summed E-state index contributed by atoms with van der Waals surface area (Å²) in [6, 6.07) is 7.47. The number of rotatable bonds is 8. The molecule has 2 aromatic rings. The minimum absolute atomic E-state index is 0.106. The predicted molar refractivity (Wildman–Crippen MR) is 90.9 cm³/mol. The van der Waals surface area contributed by atoms with Crippen LogP contribution in [0.15, 0.2) is 36.7 Å². The first-order valence-electron chi connectivity index (χ1n) is 8.13. The molecule has 1 atom stereocenters. The van der Waals surface area contributed by atoms with Gasteiger partial charge in [-0.2, -0.15) is 0 Å². The van der Waals surface area contributed by atoms with Crippen molar-refractivity contribution in [3.63, 3.8) is 0 Å². The highest BCUT2D eigenvalue weighted by Gasteiger charge is 2.20. The van der Waals surface area contributed by atoms with Crippen molar-refractivity contribution in [2.75, 3.05) is 38.2 Å². The maximum atomic E-state index is 6.15. The van der Waals surface area contributed by atoms with Gasteiger partial charge in [-0.05, 0) is 24.7 Å². The number of nitrogens with one attached hydrogen (secondary N) is 2. The van der Waals surface area contributed by atoms with Gasteiger partial charge in [-0.15, -0.1) is 0 Å². The molecule has 1 aliphatic heterocycles. The molecular formula is C17H22N4O3. The quantitative estimate of drug-likeness (QED) is 0.763. The molecule has 128 valence electrons. The number of hydrogen-bond donors (Lipinski definition) is 2. The Labute approximate surface area is 141 Å². The normalized spacial score (nSPS) is 14.0. The average Bonchev–Trinajstić information content (AvgIpc) is 2.65. The summed E-state index contributed by atoms with van der Waals surface area (Å²) in [6.07, 6.45) is 3.30. The first kappa shape index (κ1) is 16.3. The van der Waals surface area contributed by atoms with Crippen LogP contribution in [-0.2, 0) is 0 Å². The van der Waals surface area contributed by atoms with Crippen molar-refractivity contribution in [1.29, 1.82) is 0 Å². The van der Waals surface area contributed by atoms with Gasteiger partial charge in [-0.3, -0.25) is 0 Å². The van der Waals surface area contributed by atoms with Crippen molar-refractivity contribution < 1.29 is 14.2 Å². The smallest absolute Gasteiger partial charge is 0.222 e. The van der Waals surface area contributed by atoms with E-state index in [0.717, 1.165) is 12.3 Å². The SMILES string of the molecule is CCNCC(CNc1ncccn1)Oc1cccc2c1OCCO2. The Hall–Kier alpha value is -2.54. The van der Waals surface area contributed by atoms with Crippen LogP contribution in [0.25, 0.3) is 0 Å². The number of nitrogens with zero attached hydrogens (tertiary/aromatic N) is 2. The molecule has 0 aliphatic carbocycles. The molecule has 2 N–H and O–H groups in total. The third kappa shape index (κ3) is 4.26. The molecule has 2 heterocycles. The van der Waals surface area contributed by atoms with Crippen molar-refractivity contribution in [2.45, 2.75) is 13.0 Å². The van der Waals surface area contributed by atoms with Crippen LogP contribution in [0.4, 0.5) is 5.95 Å². The molecule has 0 spiro atoms. The summed E-state index contributed by atoms with van der Waals surface area (Å²) in [5.41, 5.74) is 0. The summed E-state index contributed by atoms with van der Waals surface area (Å²) in [4.78, 5) is 8.33. The minimum Gasteiger partial charge on any atom is -0.486 e. The molecule has 3 rings (SSSR count). The van der Waals surface area contributed by atoms with E-state index < -0.39 is 0 Å². The summed E-state index contributed by atoms with van der Waals surface area (Å²) in [6.45, 7) is 5.29. The van der Waals surface area contributed by atoms with E-state index in [2.05, 4.69) is 27.5 Å². The highest BCUT2D eigenvalue weighted by atomic mass is 16.6. The molecule has 0 saturated carbocycles. The lowest BCUT2D eigenvalue weighted by Crippen LogP contribution is -2.37. The molecule has 0 saturated heterocycles. The van der Waals surface area contributed by atoms with E-state index in [0.29, 0.717) is 43.8 Å². The van der Waals surface area contributed by atoms with Crippen molar-refractivity contribution in [1.82, 2.24) is 15.3 Å². The molecule has 0 bridgehead atoms. The van der Waals surface area contributed by atoms with Gasteiger partial charge in [0.15, 0.2) is 11.5 Å². The molecule has 1 aromatic heterocycles. The topological polar surface area (TPSA) is 77.5 Å². The molecule has 7 heteroatoms. The van der Waals surface area contributed by atoms with Crippen LogP contribution in [0.3, 0.4) is 0 Å². The van der Waals surface area contributed by atoms with Gasteiger partial charge in [0.25, 0.3) is 0 Å². The Bertz CT molecular complexity index is 639. The van der Waals surface area contributed by atoms with E-state index in [1.54, 1.807) is 18.5 Å². The van der Waals surface area contributed by atoms with Gasteiger partial charge in [0, 0.05) is 18.9 Å². The van der Waals surface area contributed by atoms with Crippen molar-refractivity contribution >= 4 is 5.95 Å². The van der Waals surface area contributed by atoms with E-state index in [-0.39, 0.29) is 6.10 Å². The Balaban J connectivity index is 1.67. The second-order valence-electron chi connectivity index (χ2n) is 5.28. The lowest BCUT2D eigenvalue weighted by molar-refractivity contribution is 0.150. The van der Waals surface area contributed by atoms with Crippen LogP contribution in [0.1, 0.15) is 6.92 Å². The highest BCUT2D eigenvalue weighted by Crippen LogP contribution is 2.39. The molecule has 1 unspecified atom stereocenters. The number of likely N-dealkylation sites (N-methyl/N-ethyl adjacent to an activating group) is 1. The van der Waals surface area contributed by atoms with Gasteiger partial charge >= 0.3 is 0 Å². The van der Waals surface area contributed by atoms with Crippen molar-refractivity contribution in [2.24, 2.45) is 0 Å². The number of para-hydroxylation sites is 1. The van der Waals surface area contributed by atoms with Gasteiger partial charge in [0.1, 0.15) is 19.3 Å². The van der Waals surface area contributed by atoms with E-state index in [9.17, 15) is 0 Å². The summed E-state index contributed by atoms with van der Waals surface area (Å²) in [7, 11) is 0. The Morgan fingerprint density at radius 1 is 1.12 bits per heavy atom. The van der Waals surface area contributed by atoms with Crippen LogP contribution in [0.2, 0.25) is 0 Å². The Kier molecular flexibility index (Phi) is 5.68. The molecule has 0 radical (unpaired) electrons. The molecule has 0 amide bonds. The second-order valence-corrected chi connectivity index (χ2v) is 5.28. The molecule has 0 fully saturated rings. The Morgan fingerprint density at radius 3 is 2.79 bits per heavy atom. The fraction of sp³-hybridized carbons (Fsp3) is 0.412. The highest BCUT2D eigenvalue weighted by molar-refractivity contribution is 5.52. The zero-order chi connectivity index (χ0) is 16.6. The summed E-state index contributed by atoms with van der Waals surface area (Å²) in [5, 5.41) is 6.50. The van der Waals surface area contributed by atoms with Crippen LogP contribution in [-0.4, -0.2) is 48.9 Å². The largest absolute Gasteiger partial charge is 0.486 e. The number of anilines is 1. The van der Waals surface area contributed by atoms with Gasteiger partial charge in [0.05, 0.1) is 6.54 Å². The summed E-state index contributed by atoms with van der Waals surface area (Å²) in [5.74, 6) is 2.66. The van der Waals surface area contributed by atoms with E-state index >= 15 is 0 Å². The van der Waals surface area contributed by atoms with Crippen molar-refractivity contribution in [3.05, 3.63) is 36.7 Å². The number of benzene rings is 1. The fourth-order valence-electron chi connectivity index (χ4n) is 2.38. The van der Waals surface area contributed by atoms with Gasteiger partial charge in [-0.1, -0.05) is 13.0 Å². The van der Waals surface area contributed by atoms with Crippen LogP contribution >= 0.6 is 0 Å². The molecule has 24 heavy (non-hydrogen) atoms. The summed E-state index contributed by atoms with van der Waals surface area (Å²) < 4.78 is 17.5. The van der Waals surface area contributed by atoms with Gasteiger partial charge in [-0.25, -0.2) is 9.97 Å². The first-order chi connectivity index (χ1) is 11.9. The van der Waals surface area contributed by atoms with E-state index in [1.165, 1.54) is 0 Å². The molecule has 1 aliphatic rings. The monoisotopic (exact) mass is 330 g/mol. The maximum absolute atomic E-state index is 6.15. The zero-order valence-electron chi connectivity index (χ0n) is 13.7. The number of ether oxygens (including phenoxy) is 3. The molecular weight excluding hydrogens is 308 g/mol. The average molecular weight is 330 g/mol. The maximum Gasteiger partial charge on any atom is 0.222 e. The third-order valence-electron chi connectivity index (χ3n) is 3.50.